The van der Waals surface area contributed by atoms with E-state index < -0.39 is 0 Å². The van der Waals surface area contributed by atoms with Gasteiger partial charge in [-0.1, -0.05) is 24.3 Å². The average molecular weight is 271 g/mol. The molecular weight excluding hydrogens is 257 g/mol. The van der Waals surface area contributed by atoms with E-state index in [-0.39, 0.29) is 17.5 Å². The lowest BCUT2D eigenvalue weighted by Crippen LogP contribution is -2.18. The zero-order valence-electron chi connectivity index (χ0n) is 10.9. The Bertz CT molecular complexity index is 806. The van der Waals surface area contributed by atoms with Gasteiger partial charge in [0.15, 0.2) is 0 Å². The van der Waals surface area contributed by atoms with Gasteiger partial charge in [-0.3, -0.25) is 0 Å². The maximum Gasteiger partial charge on any atom is 0.323 e. The average Bonchev–Trinajstić information content (AvgIpc) is 2.81. The summed E-state index contributed by atoms with van der Waals surface area (Å²) in [6.07, 6.45) is 0. The van der Waals surface area contributed by atoms with Crippen LogP contribution in [0, 0.1) is 5.82 Å². The van der Waals surface area contributed by atoms with Crippen LogP contribution in [0.3, 0.4) is 0 Å². The first-order valence-electron chi connectivity index (χ1n) is 6.32. The molecule has 2 aromatic carbocycles. The highest BCUT2D eigenvalue weighted by Gasteiger charge is 2.16. The van der Waals surface area contributed by atoms with Gasteiger partial charge in [0.1, 0.15) is 5.82 Å². The van der Waals surface area contributed by atoms with Gasteiger partial charge in [0.05, 0.1) is 17.1 Å². The number of H-pyrrole nitrogens is 2. The zero-order chi connectivity index (χ0) is 14.1. The number of rotatable bonds is 3. The van der Waals surface area contributed by atoms with Crippen molar-refractivity contribution >= 4 is 11.0 Å². The van der Waals surface area contributed by atoms with Gasteiger partial charge in [0.2, 0.25) is 0 Å². The van der Waals surface area contributed by atoms with Gasteiger partial charge in [-0.2, -0.15) is 0 Å². The molecule has 1 unspecified atom stereocenters. The van der Waals surface area contributed by atoms with E-state index in [1.165, 1.54) is 6.07 Å². The Kier molecular flexibility index (Phi) is 3.12. The normalized spacial score (nSPS) is 12.7. The summed E-state index contributed by atoms with van der Waals surface area (Å²) in [6.45, 7) is 0. The van der Waals surface area contributed by atoms with Crippen LogP contribution in [-0.2, 0) is 0 Å². The summed E-state index contributed by atoms with van der Waals surface area (Å²) >= 11 is 0. The number of halogens is 1. The molecule has 1 heterocycles. The van der Waals surface area contributed by atoms with Crippen LogP contribution < -0.4 is 11.0 Å². The lowest BCUT2D eigenvalue weighted by Gasteiger charge is -2.17. The molecule has 0 aliphatic carbocycles. The highest BCUT2D eigenvalue weighted by atomic mass is 19.1. The predicted octanol–water partition coefficient (Wildman–Crippen LogP) is 2.30. The lowest BCUT2D eigenvalue weighted by atomic mass is 9.98. The number of hydrogen-bond donors (Lipinski definition) is 3. The molecule has 0 aliphatic rings. The van der Waals surface area contributed by atoms with Crippen LogP contribution in [0.1, 0.15) is 17.2 Å². The van der Waals surface area contributed by atoms with Crippen molar-refractivity contribution in [2.45, 2.75) is 6.04 Å². The zero-order valence-corrected chi connectivity index (χ0v) is 10.9. The van der Waals surface area contributed by atoms with Gasteiger partial charge in [0.25, 0.3) is 0 Å². The van der Waals surface area contributed by atoms with Gasteiger partial charge in [-0.05, 0) is 30.8 Å². The van der Waals surface area contributed by atoms with E-state index in [4.69, 9.17) is 0 Å². The second-order valence-corrected chi connectivity index (χ2v) is 4.63. The molecule has 5 heteroatoms. The molecule has 0 saturated heterocycles. The minimum Gasteiger partial charge on any atom is -0.309 e. The molecule has 0 spiro atoms. The molecule has 3 aromatic rings. The number of fused-ring (bicyclic) bond motifs is 1. The fourth-order valence-corrected chi connectivity index (χ4v) is 2.44. The third kappa shape index (κ3) is 2.12. The van der Waals surface area contributed by atoms with Gasteiger partial charge < -0.3 is 15.3 Å². The Balaban J connectivity index is 2.11. The van der Waals surface area contributed by atoms with Crippen molar-refractivity contribution in [3.8, 4) is 0 Å². The molecule has 1 atom stereocenters. The minimum atomic E-state index is -0.265. The summed E-state index contributed by atoms with van der Waals surface area (Å²) in [4.78, 5) is 16.7. The highest BCUT2D eigenvalue weighted by Crippen LogP contribution is 2.25. The second kappa shape index (κ2) is 4.94. The van der Waals surface area contributed by atoms with Crippen molar-refractivity contribution in [1.82, 2.24) is 15.3 Å². The summed E-state index contributed by atoms with van der Waals surface area (Å²) in [5, 5.41) is 3.10. The number of aromatic nitrogens is 2. The van der Waals surface area contributed by atoms with Gasteiger partial charge in [-0.25, -0.2) is 9.18 Å². The third-order valence-corrected chi connectivity index (χ3v) is 3.38. The summed E-state index contributed by atoms with van der Waals surface area (Å²) in [5.74, 6) is -0.255. The smallest absolute Gasteiger partial charge is 0.309 e. The van der Waals surface area contributed by atoms with Crippen molar-refractivity contribution < 1.29 is 4.39 Å². The van der Waals surface area contributed by atoms with E-state index in [9.17, 15) is 9.18 Å². The van der Waals surface area contributed by atoms with Crippen LogP contribution >= 0.6 is 0 Å². The molecule has 0 amide bonds. The second-order valence-electron chi connectivity index (χ2n) is 4.63. The molecule has 0 bridgehead atoms. The van der Waals surface area contributed by atoms with Crippen molar-refractivity contribution in [2.75, 3.05) is 7.05 Å². The monoisotopic (exact) mass is 271 g/mol. The highest BCUT2D eigenvalue weighted by molar-refractivity contribution is 5.75. The van der Waals surface area contributed by atoms with Gasteiger partial charge >= 0.3 is 5.69 Å². The summed E-state index contributed by atoms with van der Waals surface area (Å²) < 4.78 is 13.9. The largest absolute Gasteiger partial charge is 0.323 e. The first-order valence-corrected chi connectivity index (χ1v) is 6.32. The van der Waals surface area contributed by atoms with E-state index in [1.807, 2.05) is 18.2 Å². The number of hydrogen-bond acceptors (Lipinski definition) is 2. The first-order chi connectivity index (χ1) is 9.69. The summed E-state index contributed by atoms with van der Waals surface area (Å²) in [7, 11) is 1.78. The van der Waals surface area contributed by atoms with Crippen LogP contribution in [-0.4, -0.2) is 17.0 Å². The summed E-state index contributed by atoms with van der Waals surface area (Å²) in [5.41, 5.74) is 2.67. The van der Waals surface area contributed by atoms with E-state index in [0.717, 1.165) is 11.1 Å². The molecule has 102 valence electrons. The molecule has 0 fully saturated rings. The predicted molar refractivity (Wildman–Crippen MR) is 76.2 cm³/mol. The molecule has 4 nitrogen and oxygen atoms in total. The van der Waals surface area contributed by atoms with Crippen molar-refractivity contribution in [3.05, 3.63) is 69.9 Å². The Hall–Kier alpha value is -2.40. The number of aromatic amines is 2. The van der Waals surface area contributed by atoms with E-state index in [2.05, 4.69) is 15.3 Å². The SMILES string of the molecule is CNC(c1ccc2[nH]c(=O)[nH]c2c1)c1ccccc1F. The molecule has 3 N–H and O–H groups in total. The Morgan fingerprint density at radius 3 is 2.60 bits per heavy atom. The van der Waals surface area contributed by atoms with Gasteiger partial charge in [-0.15, -0.1) is 0 Å². The fraction of sp³-hybridized carbons (Fsp3) is 0.133. The number of benzene rings is 2. The molecule has 20 heavy (non-hydrogen) atoms. The minimum absolute atomic E-state index is 0.246. The van der Waals surface area contributed by atoms with Crippen LogP contribution in [0.4, 0.5) is 4.39 Å². The number of imidazole rings is 1. The summed E-state index contributed by atoms with van der Waals surface area (Å²) in [6, 6.07) is 11.9. The Morgan fingerprint density at radius 1 is 1.10 bits per heavy atom. The van der Waals surface area contributed by atoms with Crippen LogP contribution in [0.5, 0.6) is 0 Å². The molecule has 0 radical (unpaired) electrons. The van der Waals surface area contributed by atoms with Crippen LogP contribution in [0.25, 0.3) is 11.0 Å². The van der Waals surface area contributed by atoms with E-state index in [1.54, 1.807) is 25.2 Å². The maximum atomic E-state index is 13.9. The number of nitrogens with one attached hydrogen (secondary N) is 3. The quantitative estimate of drug-likeness (QED) is 0.684. The molecular formula is C15H14FN3O. The van der Waals surface area contributed by atoms with Crippen LogP contribution in [0.2, 0.25) is 0 Å². The lowest BCUT2D eigenvalue weighted by molar-refractivity contribution is 0.576. The molecule has 1 aromatic heterocycles. The van der Waals surface area contributed by atoms with Crippen molar-refractivity contribution in [1.29, 1.82) is 0 Å². The fourth-order valence-electron chi connectivity index (χ4n) is 2.44. The molecule has 0 saturated carbocycles. The Labute approximate surface area is 114 Å². The standard InChI is InChI=1S/C15H14FN3O/c1-17-14(10-4-2-3-5-11(10)16)9-6-7-12-13(8-9)19-15(20)18-12/h2-8,14,17H,1H3,(H2,18,19,20). The maximum absolute atomic E-state index is 13.9. The van der Waals surface area contributed by atoms with Gasteiger partial charge in [0, 0.05) is 5.56 Å². The van der Waals surface area contributed by atoms with E-state index >= 15 is 0 Å². The molecule has 3 rings (SSSR count). The topological polar surface area (TPSA) is 60.7 Å². The third-order valence-electron chi connectivity index (χ3n) is 3.38. The first kappa shape index (κ1) is 12.6. The van der Waals surface area contributed by atoms with Crippen LogP contribution in [0.15, 0.2) is 47.3 Å². The van der Waals surface area contributed by atoms with E-state index in [0.29, 0.717) is 11.1 Å². The van der Waals surface area contributed by atoms with Crippen molar-refractivity contribution in [3.63, 3.8) is 0 Å². The molecule has 0 aliphatic heterocycles. The Morgan fingerprint density at radius 2 is 1.85 bits per heavy atom. The van der Waals surface area contributed by atoms with Crippen molar-refractivity contribution in [2.24, 2.45) is 0 Å².